The summed E-state index contributed by atoms with van der Waals surface area (Å²) in [5.74, 6) is -1.01. The molecule has 0 saturated heterocycles. The summed E-state index contributed by atoms with van der Waals surface area (Å²) in [7, 11) is -3.14. The molecule has 268 valence electrons. The number of benzene rings is 2. The third-order valence-electron chi connectivity index (χ3n) is 10.8. The lowest BCUT2D eigenvalue weighted by molar-refractivity contribution is -0.136. The molecule has 6 atom stereocenters. The Kier molecular flexibility index (Phi) is 10.6. The molecule has 13 heteroatoms. The first-order valence-electron chi connectivity index (χ1n) is 17.0. The number of halogens is 4. The molecule has 2 aliphatic carbocycles. The van der Waals surface area contributed by atoms with Crippen molar-refractivity contribution in [1.29, 1.82) is 0 Å². The predicted molar refractivity (Wildman–Crippen MR) is 182 cm³/mol. The Morgan fingerprint density at radius 3 is 2.69 bits per heavy atom. The Morgan fingerprint density at radius 2 is 1.96 bits per heavy atom. The van der Waals surface area contributed by atoms with Crippen LogP contribution in [0.2, 0.25) is 5.02 Å². The van der Waals surface area contributed by atoms with E-state index in [1.54, 1.807) is 25.3 Å². The van der Waals surface area contributed by atoms with Crippen LogP contribution in [0.1, 0.15) is 66.9 Å². The number of fused-ring (bicyclic) bond motifs is 4. The fourth-order valence-corrected chi connectivity index (χ4v) is 9.92. The number of rotatable bonds is 5. The van der Waals surface area contributed by atoms with Gasteiger partial charge in [0.05, 0.1) is 43.3 Å². The zero-order valence-corrected chi connectivity index (χ0v) is 29.4. The highest BCUT2D eigenvalue weighted by Crippen LogP contribution is 2.47. The minimum absolute atomic E-state index is 0.0269. The summed E-state index contributed by atoms with van der Waals surface area (Å²) in [5, 5.41) is -1.19. The molecular weight excluding hydrogens is 681 g/mol. The van der Waals surface area contributed by atoms with Crippen molar-refractivity contribution in [2.75, 3.05) is 44.9 Å². The van der Waals surface area contributed by atoms with Crippen molar-refractivity contribution >= 4 is 33.2 Å². The zero-order chi connectivity index (χ0) is 35.0. The van der Waals surface area contributed by atoms with Crippen molar-refractivity contribution in [2.45, 2.75) is 74.8 Å². The van der Waals surface area contributed by atoms with E-state index in [1.165, 1.54) is 24.1 Å². The van der Waals surface area contributed by atoms with Crippen LogP contribution < -0.4 is 14.4 Å². The average molecular weight is 725 g/mol. The van der Waals surface area contributed by atoms with Gasteiger partial charge in [0, 0.05) is 36.2 Å². The number of hydrogen-bond acceptors (Lipinski definition) is 7. The van der Waals surface area contributed by atoms with E-state index < -0.39 is 39.7 Å². The summed E-state index contributed by atoms with van der Waals surface area (Å²) < 4.78 is 88.2. The number of nitrogens with zero attached hydrogens (tertiary/aromatic N) is 1. The van der Waals surface area contributed by atoms with E-state index in [1.807, 2.05) is 22.9 Å². The van der Waals surface area contributed by atoms with Gasteiger partial charge in [-0.05, 0) is 97.7 Å². The van der Waals surface area contributed by atoms with Gasteiger partial charge in [-0.25, -0.2) is 13.1 Å². The van der Waals surface area contributed by atoms with Gasteiger partial charge < -0.3 is 19.1 Å². The molecule has 8 nitrogen and oxygen atoms in total. The van der Waals surface area contributed by atoms with Crippen LogP contribution >= 0.6 is 11.6 Å². The highest BCUT2D eigenvalue weighted by molar-refractivity contribution is 7.90. The SMILES string of the molecule is COCCO[C@H]1/C=C\C[C@H](C)[C@@H](CC(F)(F)F)S(=O)(=O)NC(=O)c2ccc3c(c2)N(C[C@@H]2CC[C@H]21)C[C@@]1(CCCc2cc(Cl)ccc21)CO3. The lowest BCUT2D eigenvalue weighted by Gasteiger charge is -2.46. The molecule has 2 aliphatic heterocycles. The second kappa shape index (κ2) is 14.4. The van der Waals surface area contributed by atoms with E-state index >= 15 is 0 Å². The van der Waals surface area contributed by atoms with Gasteiger partial charge in [-0.15, -0.1) is 0 Å². The lowest BCUT2D eigenvalue weighted by Crippen LogP contribution is -2.49. The fourth-order valence-electron chi connectivity index (χ4n) is 8.07. The van der Waals surface area contributed by atoms with Crippen molar-refractivity contribution < 1.29 is 40.6 Å². The summed E-state index contributed by atoms with van der Waals surface area (Å²) >= 11 is 6.40. The van der Waals surface area contributed by atoms with Crippen molar-refractivity contribution in [3.63, 3.8) is 0 Å². The summed E-state index contributed by atoms with van der Waals surface area (Å²) in [6.45, 7) is 3.84. The number of sulfonamides is 1. The van der Waals surface area contributed by atoms with E-state index in [9.17, 15) is 26.4 Å². The molecule has 1 spiro atoms. The number of aryl methyl sites for hydroxylation is 1. The minimum Gasteiger partial charge on any atom is -0.490 e. The molecule has 2 aromatic carbocycles. The van der Waals surface area contributed by atoms with Gasteiger partial charge in [0.2, 0.25) is 10.0 Å². The minimum atomic E-state index is -4.76. The standard InChI is InChI=1S/C36H44ClF3N2O6S/c1-23-5-3-7-31(47-16-15-46-2)28-11-8-26(28)20-42-21-35(14-4-6-24-17-27(37)10-12-29(24)35)22-48-32-13-9-25(18-30(32)42)34(43)41-49(44,45)33(23)19-36(38,39)40/h3,7,9-10,12-13,17-18,23,26,28,31,33H,4-6,8,11,14-16,19-22H2,1-2H3,(H,41,43)/b7-3-/t23-,26-,28+,31-,33+,35-/m0/s1. The van der Waals surface area contributed by atoms with Gasteiger partial charge in [0.25, 0.3) is 5.91 Å². The molecule has 1 N–H and O–H groups in total. The molecule has 0 unspecified atom stereocenters. The number of methoxy groups -OCH3 is 1. The quantitative estimate of drug-likeness (QED) is 0.267. The van der Waals surface area contributed by atoms with Crippen LogP contribution in [0, 0.1) is 17.8 Å². The summed E-state index contributed by atoms with van der Waals surface area (Å²) in [6, 6.07) is 10.8. The van der Waals surface area contributed by atoms with Crippen LogP contribution in [-0.2, 0) is 31.3 Å². The first-order valence-corrected chi connectivity index (χ1v) is 18.9. The average Bonchev–Trinajstić information content (AvgIpc) is 3.17. The third-order valence-corrected chi connectivity index (χ3v) is 12.9. The predicted octanol–water partition coefficient (Wildman–Crippen LogP) is 6.85. The highest BCUT2D eigenvalue weighted by Gasteiger charge is 2.45. The van der Waals surface area contributed by atoms with E-state index in [0.717, 1.165) is 32.1 Å². The van der Waals surface area contributed by atoms with Crippen molar-refractivity contribution in [3.8, 4) is 5.75 Å². The van der Waals surface area contributed by atoms with Gasteiger partial charge in [-0.3, -0.25) is 4.79 Å². The molecule has 2 aromatic rings. The van der Waals surface area contributed by atoms with E-state index in [0.29, 0.717) is 49.4 Å². The molecule has 2 heterocycles. The van der Waals surface area contributed by atoms with Gasteiger partial charge >= 0.3 is 6.18 Å². The number of carbonyl (C=O) groups is 1. The van der Waals surface area contributed by atoms with E-state index in [2.05, 4.69) is 11.0 Å². The highest BCUT2D eigenvalue weighted by atomic mass is 35.5. The Labute approximate surface area is 291 Å². The number of allylic oxidation sites excluding steroid dienone is 1. The molecule has 0 radical (unpaired) electrons. The van der Waals surface area contributed by atoms with Crippen LogP contribution in [0.5, 0.6) is 5.75 Å². The van der Waals surface area contributed by atoms with Gasteiger partial charge in [0.15, 0.2) is 0 Å². The second-order valence-corrected chi connectivity index (χ2v) is 16.4. The topological polar surface area (TPSA) is 94.2 Å². The largest absolute Gasteiger partial charge is 0.490 e. The molecule has 1 saturated carbocycles. The number of carbonyl (C=O) groups excluding carboxylic acids is 1. The van der Waals surface area contributed by atoms with Crippen molar-refractivity contribution in [3.05, 3.63) is 70.3 Å². The Morgan fingerprint density at radius 1 is 1.14 bits per heavy atom. The van der Waals surface area contributed by atoms with E-state index in [4.69, 9.17) is 25.8 Å². The maximum Gasteiger partial charge on any atom is 0.390 e. The smallest absolute Gasteiger partial charge is 0.390 e. The monoisotopic (exact) mass is 724 g/mol. The normalized spacial score (nSPS) is 30.6. The first kappa shape index (κ1) is 36.0. The van der Waals surface area contributed by atoms with Crippen LogP contribution in [0.3, 0.4) is 0 Å². The van der Waals surface area contributed by atoms with E-state index in [-0.39, 0.29) is 35.3 Å². The van der Waals surface area contributed by atoms with Crippen LogP contribution in [0.4, 0.5) is 18.9 Å². The number of nitrogens with one attached hydrogen (secondary N) is 1. The fraction of sp³-hybridized carbons (Fsp3) is 0.583. The van der Waals surface area contributed by atoms with Gasteiger partial charge in [-0.2, -0.15) is 13.2 Å². The summed E-state index contributed by atoms with van der Waals surface area (Å²) in [4.78, 5) is 15.8. The molecule has 1 amide bonds. The number of alkyl halides is 3. The first-order chi connectivity index (χ1) is 23.3. The number of amides is 1. The van der Waals surface area contributed by atoms with Crippen LogP contribution in [0.25, 0.3) is 0 Å². The zero-order valence-electron chi connectivity index (χ0n) is 27.8. The van der Waals surface area contributed by atoms with Gasteiger partial charge in [0.1, 0.15) is 5.75 Å². The molecule has 2 bridgehead atoms. The number of hydrogen-bond donors (Lipinski definition) is 1. The summed E-state index contributed by atoms with van der Waals surface area (Å²) in [6.07, 6.45) is 1.60. The Balaban J connectivity index is 1.42. The van der Waals surface area contributed by atoms with Crippen LogP contribution in [0.15, 0.2) is 48.6 Å². The van der Waals surface area contributed by atoms with Gasteiger partial charge in [-0.1, -0.05) is 36.7 Å². The molecule has 1 fully saturated rings. The molecule has 4 aliphatic rings. The summed E-state index contributed by atoms with van der Waals surface area (Å²) in [5.41, 5.74) is 2.69. The maximum atomic E-state index is 13.7. The lowest BCUT2D eigenvalue weighted by atomic mass is 9.68. The number of ether oxygens (including phenoxy) is 3. The maximum absolute atomic E-state index is 13.7. The molecule has 49 heavy (non-hydrogen) atoms. The number of anilines is 1. The molecule has 6 rings (SSSR count). The molecule has 0 aromatic heterocycles. The Hall–Kier alpha value is -2.80. The van der Waals surface area contributed by atoms with Crippen molar-refractivity contribution in [1.82, 2.24) is 4.72 Å². The van der Waals surface area contributed by atoms with Crippen LogP contribution in [-0.4, -0.2) is 71.9 Å². The second-order valence-electron chi connectivity index (χ2n) is 14.1. The molecular formula is C36H44ClF3N2O6S. The Bertz CT molecular complexity index is 1670. The van der Waals surface area contributed by atoms with Crippen molar-refractivity contribution in [2.24, 2.45) is 17.8 Å². The third kappa shape index (κ3) is 7.92.